The molecular formula is C10H15N3O2. The van der Waals surface area contributed by atoms with E-state index in [-0.39, 0.29) is 6.10 Å². The fraction of sp³-hybridized carbons (Fsp3) is 0.800. The molecule has 15 heavy (non-hydrogen) atoms. The SMILES string of the molecule is C1COC(c2nnc(CNC3CC3)o2)C1. The summed E-state index contributed by atoms with van der Waals surface area (Å²) in [7, 11) is 0. The van der Waals surface area contributed by atoms with Crippen LogP contribution >= 0.6 is 0 Å². The first kappa shape index (κ1) is 9.30. The van der Waals surface area contributed by atoms with Gasteiger partial charge in [0.05, 0.1) is 6.54 Å². The topological polar surface area (TPSA) is 60.2 Å². The monoisotopic (exact) mass is 209 g/mol. The quantitative estimate of drug-likeness (QED) is 0.806. The molecule has 1 N–H and O–H groups in total. The molecule has 1 aliphatic carbocycles. The Balaban J connectivity index is 1.59. The average Bonchev–Trinajstić information content (AvgIpc) is 2.78. The number of nitrogens with zero attached hydrogens (tertiary/aromatic N) is 2. The van der Waals surface area contributed by atoms with Crippen LogP contribution in [-0.2, 0) is 11.3 Å². The molecule has 0 radical (unpaired) electrons. The maximum atomic E-state index is 5.54. The molecule has 1 unspecified atom stereocenters. The highest BCUT2D eigenvalue weighted by Crippen LogP contribution is 2.27. The number of rotatable bonds is 4. The van der Waals surface area contributed by atoms with E-state index in [1.807, 2.05) is 0 Å². The minimum atomic E-state index is 0.0344. The van der Waals surface area contributed by atoms with Gasteiger partial charge in [-0.3, -0.25) is 0 Å². The number of ether oxygens (including phenoxy) is 1. The third-order valence-corrected chi connectivity index (χ3v) is 2.81. The molecule has 1 aromatic rings. The van der Waals surface area contributed by atoms with Crippen molar-refractivity contribution < 1.29 is 9.15 Å². The Hall–Kier alpha value is -0.940. The van der Waals surface area contributed by atoms with E-state index in [1.165, 1.54) is 12.8 Å². The van der Waals surface area contributed by atoms with E-state index < -0.39 is 0 Å². The van der Waals surface area contributed by atoms with Crippen LogP contribution in [0.3, 0.4) is 0 Å². The number of hydrogen-bond donors (Lipinski definition) is 1. The summed E-state index contributed by atoms with van der Waals surface area (Å²) in [4.78, 5) is 0. The van der Waals surface area contributed by atoms with Crippen LogP contribution < -0.4 is 5.32 Å². The van der Waals surface area contributed by atoms with Gasteiger partial charge in [-0.2, -0.15) is 0 Å². The van der Waals surface area contributed by atoms with Gasteiger partial charge in [-0.25, -0.2) is 0 Å². The molecule has 5 nitrogen and oxygen atoms in total. The Bertz CT molecular complexity index is 329. The van der Waals surface area contributed by atoms with Gasteiger partial charge in [0, 0.05) is 12.6 Å². The van der Waals surface area contributed by atoms with Crippen molar-refractivity contribution in [2.24, 2.45) is 0 Å². The number of hydrogen-bond acceptors (Lipinski definition) is 5. The summed E-state index contributed by atoms with van der Waals surface area (Å²) in [5, 5.41) is 11.4. The molecule has 1 saturated carbocycles. The van der Waals surface area contributed by atoms with Gasteiger partial charge < -0.3 is 14.5 Å². The number of nitrogens with one attached hydrogen (secondary N) is 1. The van der Waals surface area contributed by atoms with E-state index in [0.29, 0.717) is 24.4 Å². The van der Waals surface area contributed by atoms with Gasteiger partial charge in [0.1, 0.15) is 6.10 Å². The lowest BCUT2D eigenvalue weighted by atomic mass is 10.2. The molecule has 3 rings (SSSR count). The first-order valence-electron chi connectivity index (χ1n) is 5.59. The summed E-state index contributed by atoms with van der Waals surface area (Å²) in [6.07, 6.45) is 4.66. The van der Waals surface area contributed by atoms with Gasteiger partial charge in [0.25, 0.3) is 0 Å². The second-order valence-corrected chi connectivity index (χ2v) is 4.19. The van der Waals surface area contributed by atoms with E-state index >= 15 is 0 Å². The molecule has 1 aromatic heterocycles. The third kappa shape index (κ3) is 2.18. The Morgan fingerprint density at radius 1 is 1.27 bits per heavy atom. The molecule has 1 saturated heterocycles. The van der Waals surface area contributed by atoms with Crippen molar-refractivity contribution in [3.8, 4) is 0 Å². The molecule has 1 aliphatic heterocycles. The van der Waals surface area contributed by atoms with E-state index in [2.05, 4.69) is 15.5 Å². The van der Waals surface area contributed by atoms with Gasteiger partial charge in [-0.05, 0) is 25.7 Å². The third-order valence-electron chi connectivity index (χ3n) is 2.81. The van der Waals surface area contributed by atoms with Crippen molar-refractivity contribution in [1.82, 2.24) is 15.5 Å². The smallest absolute Gasteiger partial charge is 0.245 e. The van der Waals surface area contributed by atoms with Crippen LogP contribution in [0, 0.1) is 0 Å². The zero-order chi connectivity index (χ0) is 10.1. The summed E-state index contributed by atoms with van der Waals surface area (Å²) >= 11 is 0. The number of aromatic nitrogens is 2. The summed E-state index contributed by atoms with van der Waals surface area (Å²) in [6.45, 7) is 1.49. The fourth-order valence-corrected chi connectivity index (χ4v) is 1.76. The highest BCUT2D eigenvalue weighted by Gasteiger charge is 2.24. The zero-order valence-corrected chi connectivity index (χ0v) is 8.61. The van der Waals surface area contributed by atoms with Crippen LogP contribution in [0.15, 0.2) is 4.42 Å². The normalized spacial score (nSPS) is 26.0. The second kappa shape index (κ2) is 3.90. The molecule has 2 aliphatic rings. The lowest BCUT2D eigenvalue weighted by Crippen LogP contribution is -2.15. The van der Waals surface area contributed by atoms with Crippen molar-refractivity contribution in [2.75, 3.05) is 6.61 Å². The Kier molecular flexibility index (Phi) is 2.42. The minimum Gasteiger partial charge on any atom is -0.421 e. The second-order valence-electron chi connectivity index (χ2n) is 4.19. The van der Waals surface area contributed by atoms with Crippen LogP contribution in [0.25, 0.3) is 0 Å². The molecule has 5 heteroatoms. The van der Waals surface area contributed by atoms with E-state index in [4.69, 9.17) is 9.15 Å². The van der Waals surface area contributed by atoms with E-state index in [0.717, 1.165) is 19.4 Å². The van der Waals surface area contributed by atoms with Gasteiger partial charge in [-0.1, -0.05) is 0 Å². The lowest BCUT2D eigenvalue weighted by molar-refractivity contribution is 0.0879. The maximum Gasteiger partial charge on any atom is 0.245 e. The van der Waals surface area contributed by atoms with E-state index in [9.17, 15) is 0 Å². The van der Waals surface area contributed by atoms with Crippen molar-refractivity contribution >= 4 is 0 Å². The van der Waals surface area contributed by atoms with Gasteiger partial charge in [-0.15, -0.1) is 10.2 Å². The Labute approximate surface area is 88.2 Å². The van der Waals surface area contributed by atoms with Crippen LogP contribution in [0.2, 0.25) is 0 Å². The highest BCUT2D eigenvalue weighted by molar-refractivity contribution is 4.90. The summed E-state index contributed by atoms with van der Waals surface area (Å²) in [6, 6.07) is 0.670. The van der Waals surface area contributed by atoms with Crippen LogP contribution in [0.4, 0.5) is 0 Å². The standard InChI is InChI=1S/C10H15N3O2/c1-2-8(14-5-1)10-13-12-9(15-10)6-11-7-3-4-7/h7-8,11H,1-6H2. The van der Waals surface area contributed by atoms with Crippen molar-refractivity contribution in [1.29, 1.82) is 0 Å². The predicted molar refractivity (Wildman–Crippen MR) is 52.1 cm³/mol. The minimum absolute atomic E-state index is 0.0344. The van der Waals surface area contributed by atoms with Crippen molar-refractivity contribution in [3.63, 3.8) is 0 Å². The summed E-state index contributed by atoms with van der Waals surface area (Å²) < 4.78 is 11.0. The van der Waals surface area contributed by atoms with Gasteiger partial charge in [0.2, 0.25) is 11.8 Å². The summed E-state index contributed by atoms with van der Waals surface area (Å²) in [5.41, 5.74) is 0. The average molecular weight is 209 g/mol. The molecule has 2 fully saturated rings. The highest BCUT2D eigenvalue weighted by atomic mass is 16.5. The molecule has 2 heterocycles. The zero-order valence-electron chi connectivity index (χ0n) is 8.61. The first-order chi connectivity index (χ1) is 7.42. The Morgan fingerprint density at radius 3 is 2.93 bits per heavy atom. The van der Waals surface area contributed by atoms with Crippen molar-refractivity contribution in [2.45, 2.75) is 44.4 Å². The first-order valence-corrected chi connectivity index (χ1v) is 5.59. The van der Waals surface area contributed by atoms with Crippen LogP contribution in [-0.4, -0.2) is 22.8 Å². The fourth-order valence-electron chi connectivity index (χ4n) is 1.76. The molecule has 0 amide bonds. The molecule has 0 aromatic carbocycles. The largest absolute Gasteiger partial charge is 0.421 e. The van der Waals surface area contributed by atoms with Gasteiger partial charge >= 0.3 is 0 Å². The van der Waals surface area contributed by atoms with Crippen LogP contribution in [0.5, 0.6) is 0 Å². The van der Waals surface area contributed by atoms with Crippen molar-refractivity contribution in [3.05, 3.63) is 11.8 Å². The maximum absolute atomic E-state index is 5.54. The Morgan fingerprint density at radius 2 is 2.20 bits per heavy atom. The van der Waals surface area contributed by atoms with E-state index in [1.54, 1.807) is 0 Å². The van der Waals surface area contributed by atoms with Crippen LogP contribution in [0.1, 0.15) is 43.6 Å². The molecule has 82 valence electrons. The summed E-state index contributed by atoms with van der Waals surface area (Å²) in [5.74, 6) is 1.31. The molecular weight excluding hydrogens is 194 g/mol. The predicted octanol–water partition coefficient (Wildman–Crippen LogP) is 1.17. The molecule has 1 atom stereocenters. The molecule has 0 spiro atoms. The lowest BCUT2D eigenvalue weighted by Gasteiger charge is -2.01. The van der Waals surface area contributed by atoms with Gasteiger partial charge in [0.15, 0.2) is 0 Å². The molecule has 0 bridgehead atoms.